The lowest BCUT2D eigenvalue weighted by Crippen LogP contribution is -2.41. The van der Waals surface area contributed by atoms with Crippen LogP contribution in [0.25, 0.3) is 10.6 Å². The van der Waals surface area contributed by atoms with Gasteiger partial charge in [0, 0.05) is 42.2 Å². The molecule has 1 fully saturated rings. The van der Waals surface area contributed by atoms with Crippen molar-refractivity contribution in [3.05, 3.63) is 34.6 Å². The van der Waals surface area contributed by atoms with Crippen LogP contribution in [0, 0.1) is 0 Å². The first kappa shape index (κ1) is 14.8. The van der Waals surface area contributed by atoms with Gasteiger partial charge in [0.2, 0.25) is 0 Å². The summed E-state index contributed by atoms with van der Waals surface area (Å²) in [4.78, 5) is 23.7. The first-order valence-electron chi connectivity index (χ1n) is 8.13. The van der Waals surface area contributed by atoms with Gasteiger partial charge in [-0.05, 0) is 31.4 Å². The summed E-state index contributed by atoms with van der Waals surface area (Å²) in [7, 11) is 0. The summed E-state index contributed by atoms with van der Waals surface area (Å²) < 4.78 is 0. The highest BCUT2D eigenvalue weighted by Crippen LogP contribution is 2.32. The molecular formula is C17H19N3O2S. The summed E-state index contributed by atoms with van der Waals surface area (Å²) in [6, 6.07) is 4.15. The van der Waals surface area contributed by atoms with E-state index in [0.717, 1.165) is 42.5 Å². The van der Waals surface area contributed by atoms with Gasteiger partial charge in [0.1, 0.15) is 10.7 Å². The minimum Gasteiger partial charge on any atom is -0.477 e. The van der Waals surface area contributed by atoms with Gasteiger partial charge in [0.25, 0.3) is 0 Å². The third-order valence-corrected chi connectivity index (χ3v) is 6.07. The van der Waals surface area contributed by atoms with Crippen LogP contribution in [0.4, 0.5) is 0 Å². The zero-order valence-corrected chi connectivity index (χ0v) is 13.7. The summed E-state index contributed by atoms with van der Waals surface area (Å²) in [6.45, 7) is 2.24. The van der Waals surface area contributed by atoms with Gasteiger partial charge in [0.05, 0.1) is 5.69 Å². The van der Waals surface area contributed by atoms with Crippen molar-refractivity contribution < 1.29 is 9.90 Å². The van der Waals surface area contributed by atoms with E-state index in [-0.39, 0.29) is 5.69 Å². The molecule has 0 bridgehead atoms. The topological polar surface area (TPSA) is 66.3 Å². The molecule has 5 nitrogen and oxygen atoms in total. The summed E-state index contributed by atoms with van der Waals surface area (Å²) in [5.41, 5.74) is 2.20. The summed E-state index contributed by atoms with van der Waals surface area (Å²) in [5, 5.41) is 9.88. The second-order valence-corrected chi connectivity index (χ2v) is 7.33. The van der Waals surface area contributed by atoms with E-state index in [2.05, 4.69) is 9.88 Å². The Morgan fingerprint density at radius 2 is 2.09 bits per heavy atom. The molecule has 1 N–H and O–H groups in total. The highest BCUT2D eigenvalue weighted by atomic mass is 32.1. The van der Waals surface area contributed by atoms with Crippen LogP contribution in [0.3, 0.4) is 0 Å². The fraction of sp³-hybridized carbons (Fsp3) is 0.471. The Balaban J connectivity index is 1.52. The first-order valence-corrected chi connectivity index (χ1v) is 8.95. The molecule has 0 saturated heterocycles. The number of rotatable bonds is 3. The molecule has 0 radical (unpaired) electrons. The van der Waals surface area contributed by atoms with Crippen molar-refractivity contribution in [3.8, 4) is 10.6 Å². The van der Waals surface area contributed by atoms with Gasteiger partial charge < -0.3 is 5.11 Å². The molecule has 4 rings (SSSR count). The van der Waals surface area contributed by atoms with Crippen LogP contribution in [0.5, 0.6) is 0 Å². The number of hydrogen-bond donors (Lipinski definition) is 1. The lowest BCUT2D eigenvalue weighted by Gasteiger charge is -2.36. The first-order chi connectivity index (χ1) is 11.2. The van der Waals surface area contributed by atoms with E-state index in [1.165, 1.54) is 29.8 Å². The van der Waals surface area contributed by atoms with Crippen LogP contribution in [0.1, 0.15) is 40.3 Å². The van der Waals surface area contributed by atoms with Crippen molar-refractivity contribution in [2.45, 2.75) is 38.1 Å². The maximum atomic E-state index is 10.9. The van der Waals surface area contributed by atoms with Gasteiger partial charge in [-0.25, -0.2) is 14.8 Å². The van der Waals surface area contributed by atoms with E-state index in [0.29, 0.717) is 0 Å². The van der Waals surface area contributed by atoms with Gasteiger partial charge in [-0.2, -0.15) is 0 Å². The van der Waals surface area contributed by atoms with Gasteiger partial charge in [-0.15, -0.1) is 11.3 Å². The Morgan fingerprint density at radius 1 is 1.26 bits per heavy atom. The predicted molar refractivity (Wildman–Crippen MR) is 88.9 cm³/mol. The number of thiazole rings is 1. The van der Waals surface area contributed by atoms with Crippen LogP contribution in [-0.2, 0) is 12.8 Å². The Bertz CT molecular complexity index is 696. The normalized spacial score (nSPS) is 19.0. The van der Waals surface area contributed by atoms with E-state index < -0.39 is 5.97 Å². The van der Waals surface area contributed by atoms with Crippen LogP contribution in [0.15, 0.2) is 18.3 Å². The van der Waals surface area contributed by atoms with E-state index in [1.54, 1.807) is 29.7 Å². The third-order valence-electron chi connectivity index (χ3n) is 4.86. The molecule has 2 aromatic heterocycles. The second-order valence-electron chi connectivity index (χ2n) is 6.25. The van der Waals surface area contributed by atoms with Gasteiger partial charge in [-0.1, -0.05) is 6.42 Å². The van der Waals surface area contributed by atoms with Crippen LogP contribution in [-0.4, -0.2) is 45.1 Å². The number of aromatic carboxylic acids is 1. The number of carboxylic acids is 1. The van der Waals surface area contributed by atoms with E-state index in [1.807, 2.05) is 0 Å². The smallest absolute Gasteiger partial charge is 0.354 e. The quantitative estimate of drug-likeness (QED) is 0.938. The van der Waals surface area contributed by atoms with Crippen molar-refractivity contribution in [1.29, 1.82) is 0 Å². The number of aromatic nitrogens is 2. The monoisotopic (exact) mass is 329 g/mol. The number of carboxylic acid groups (broad SMARTS) is 1. The molecule has 2 aliphatic rings. The van der Waals surface area contributed by atoms with Crippen molar-refractivity contribution in [1.82, 2.24) is 14.9 Å². The molecule has 1 aliphatic heterocycles. The summed E-state index contributed by atoms with van der Waals surface area (Å²) in [5.74, 6) is -0.998. The predicted octanol–water partition coefficient (Wildman–Crippen LogP) is 2.86. The van der Waals surface area contributed by atoms with Gasteiger partial charge in [-0.3, -0.25) is 4.90 Å². The minimum atomic E-state index is -0.998. The Kier molecular flexibility index (Phi) is 3.87. The maximum absolute atomic E-state index is 10.9. The SMILES string of the molecule is O=C(O)c1ccc(-c2nc3c(s2)CCN(C2CCC2)CC3)cn1. The average molecular weight is 329 g/mol. The lowest BCUT2D eigenvalue weighted by atomic mass is 9.91. The highest BCUT2D eigenvalue weighted by molar-refractivity contribution is 7.15. The third kappa shape index (κ3) is 2.88. The molecular weight excluding hydrogens is 310 g/mol. The van der Waals surface area contributed by atoms with E-state index in [9.17, 15) is 4.79 Å². The number of nitrogens with zero attached hydrogens (tertiary/aromatic N) is 3. The van der Waals surface area contributed by atoms with Crippen LogP contribution < -0.4 is 0 Å². The Morgan fingerprint density at radius 3 is 2.74 bits per heavy atom. The largest absolute Gasteiger partial charge is 0.477 e. The second kappa shape index (κ2) is 6.02. The fourth-order valence-electron chi connectivity index (χ4n) is 3.27. The molecule has 6 heteroatoms. The molecule has 1 aliphatic carbocycles. The number of pyridine rings is 1. The minimum absolute atomic E-state index is 0.0722. The molecule has 120 valence electrons. The van der Waals surface area contributed by atoms with E-state index in [4.69, 9.17) is 10.1 Å². The zero-order valence-electron chi connectivity index (χ0n) is 12.9. The molecule has 1 saturated carbocycles. The fourth-order valence-corrected chi connectivity index (χ4v) is 4.35. The Hall–Kier alpha value is -1.79. The molecule has 3 heterocycles. The standard InChI is InChI=1S/C17H19N3O2S/c21-17(22)14-5-4-11(10-18-14)16-19-13-6-8-20(12-2-1-3-12)9-7-15(13)23-16/h4-5,10,12H,1-3,6-9H2,(H,21,22). The molecule has 2 aromatic rings. The Labute approximate surface area is 139 Å². The molecule has 0 spiro atoms. The molecule has 0 unspecified atom stereocenters. The molecule has 0 aromatic carbocycles. The molecule has 0 amide bonds. The molecule has 23 heavy (non-hydrogen) atoms. The maximum Gasteiger partial charge on any atom is 0.354 e. The van der Waals surface area contributed by atoms with Crippen molar-refractivity contribution in [2.24, 2.45) is 0 Å². The number of hydrogen-bond acceptors (Lipinski definition) is 5. The number of carbonyl (C=O) groups is 1. The average Bonchev–Trinajstić information content (AvgIpc) is 2.82. The van der Waals surface area contributed by atoms with Crippen molar-refractivity contribution in [2.75, 3.05) is 13.1 Å². The van der Waals surface area contributed by atoms with E-state index >= 15 is 0 Å². The van der Waals surface area contributed by atoms with Crippen LogP contribution >= 0.6 is 11.3 Å². The van der Waals surface area contributed by atoms with Gasteiger partial charge in [0.15, 0.2) is 0 Å². The highest BCUT2D eigenvalue weighted by Gasteiger charge is 2.27. The van der Waals surface area contributed by atoms with Crippen molar-refractivity contribution in [3.63, 3.8) is 0 Å². The molecule has 0 atom stereocenters. The summed E-state index contributed by atoms with van der Waals surface area (Å²) in [6.07, 6.45) is 7.79. The summed E-state index contributed by atoms with van der Waals surface area (Å²) >= 11 is 1.73. The van der Waals surface area contributed by atoms with Crippen LogP contribution in [0.2, 0.25) is 0 Å². The lowest BCUT2D eigenvalue weighted by molar-refractivity contribution is 0.0690. The zero-order chi connectivity index (χ0) is 15.8. The van der Waals surface area contributed by atoms with Crippen molar-refractivity contribution >= 4 is 17.3 Å². The van der Waals surface area contributed by atoms with Gasteiger partial charge >= 0.3 is 5.97 Å². The number of fused-ring (bicyclic) bond motifs is 1.